The van der Waals surface area contributed by atoms with Crippen LogP contribution in [0.5, 0.6) is 11.5 Å². The first kappa shape index (κ1) is 14.2. The molecule has 0 unspecified atom stereocenters. The summed E-state index contributed by atoms with van der Waals surface area (Å²) in [6, 6.07) is 9.42. The molecular formula is C15H18N2O3. The number of para-hydroxylation sites is 2. The number of likely N-dealkylation sites (N-methyl/N-ethyl adjacent to an activating group) is 1. The minimum atomic E-state index is -0.643. The third kappa shape index (κ3) is 3.02. The van der Waals surface area contributed by atoms with Crippen LogP contribution in [0.4, 0.5) is 0 Å². The first-order chi connectivity index (χ1) is 9.65. The van der Waals surface area contributed by atoms with Gasteiger partial charge in [-0.2, -0.15) is 5.26 Å². The topological polar surface area (TPSA) is 62.6 Å². The second kappa shape index (κ2) is 6.29. The lowest BCUT2D eigenvalue weighted by Crippen LogP contribution is -2.47. The van der Waals surface area contributed by atoms with E-state index in [2.05, 4.69) is 6.07 Å². The molecule has 20 heavy (non-hydrogen) atoms. The Hall–Kier alpha value is -2.22. The van der Waals surface area contributed by atoms with Gasteiger partial charge in [-0.05, 0) is 26.0 Å². The lowest BCUT2D eigenvalue weighted by Gasteiger charge is -2.30. The number of carbonyl (C=O) groups is 1. The maximum Gasteiger partial charge on any atom is 0.267 e. The predicted octanol–water partition coefficient (Wildman–Crippen LogP) is 1.83. The Balaban J connectivity index is 2.05. The fraction of sp³-hybridized carbons (Fsp3) is 0.467. The second-order valence-electron chi connectivity index (χ2n) is 4.77. The van der Waals surface area contributed by atoms with Crippen molar-refractivity contribution in [1.82, 2.24) is 4.90 Å². The van der Waals surface area contributed by atoms with Crippen LogP contribution in [-0.4, -0.2) is 36.6 Å². The van der Waals surface area contributed by atoms with Gasteiger partial charge in [-0.3, -0.25) is 4.79 Å². The minimum Gasteiger partial charge on any atom is -0.485 e. The van der Waals surface area contributed by atoms with Crippen LogP contribution in [0.3, 0.4) is 0 Å². The molecule has 0 aliphatic carbocycles. The fourth-order valence-electron chi connectivity index (χ4n) is 2.09. The molecular weight excluding hydrogens is 256 g/mol. The molecule has 0 saturated carbocycles. The van der Waals surface area contributed by atoms with E-state index in [1.165, 1.54) is 0 Å². The van der Waals surface area contributed by atoms with Gasteiger partial charge in [0.05, 0.1) is 12.0 Å². The molecule has 0 fully saturated rings. The Kier molecular flexibility index (Phi) is 4.46. The average Bonchev–Trinajstić information content (AvgIpc) is 2.51. The Morgan fingerprint density at radius 1 is 1.50 bits per heavy atom. The number of carbonyl (C=O) groups excluding carboxylic acids is 1. The van der Waals surface area contributed by atoms with E-state index < -0.39 is 6.10 Å². The molecule has 0 radical (unpaired) electrons. The number of hydrogen-bond donors (Lipinski definition) is 0. The zero-order valence-corrected chi connectivity index (χ0v) is 11.7. The first-order valence-corrected chi connectivity index (χ1v) is 6.72. The molecule has 5 heteroatoms. The summed E-state index contributed by atoms with van der Waals surface area (Å²) in [6.07, 6.45) is -0.643. The largest absolute Gasteiger partial charge is 0.485 e. The molecule has 106 valence electrons. The SMILES string of the molecule is CCN(C[C@@H](C)C#N)C(=O)[C@@H]1COc2ccccc2O1. The Labute approximate surface area is 118 Å². The van der Waals surface area contributed by atoms with Gasteiger partial charge >= 0.3 is 0 Å². The molecule has 0 bridgehead atoms. The van der Waals surface area contributed by atoms with Gasteiger partial charge < -0.3 is 14.4 Å². The van der Waals surface area contributed by atoms with Gasteiger partial charge in [-0.15, -0.1) is 0 Å². The molecule has 0 aromatic heterocycles. The van der Waals surface area contributed by atoms with Crippen molar-refractivity contribution >= 4 is 5.91 Å². The van der Waals surface area contributed by atoms with Crippen molar-refractivity contribution in [2.24, 2.45) is 5.92 Å². The summed E-state index contributed by atoms with van der Waals surface area (Å²) in [4.78, 5) is 14.0. The molecule has 5 nitrogen and oxygen atoms in total. The van der Waals surface area contributed by atoms with E-state index in [0.29, 0.717) is 24.6 Å². The van der Waals surface area contributed by atoms with Crippen LogP contribution in [0.2, 0.25) is 0 Å². The number of ether oxygens (including phenoxy) is 2. The average molecular weight is 274 g/mol. The molecule has 1 aromatic carbocycles. The maximum absolute atomic E-state index is 12.4. The summed E-state index contributed by atoms with van der Waals surface area (Å²) >= 11 is 0. The summed E-state index contributed by atoms with van der Waals surface area (Å²) in [6.45, 7) is 4.84. The number of fused-ring (bicyclic) bond motifs is 1. The smallest absolute Gasteiger partial charge is 0.267 e. The summed E-state index contributed by atoms with van der Waals surface area (Å²) in [7, 11) is 0. The minimum absolute atomic E-state index is 0.135. The zero-order chi connectivity index (χ0) is 14.5. The van der Waals surface area contributed by atoms with Crippen molar-refractivity contribution < 1.29 is 14.3 Å². The number of nitrogens with zero attached hydrogens (tertiary/aromatic N) is 2. The summed E-state index contributed by atoms with van der Waals surface area (Å²) in [5, 5.41) is 8.86. The van der Waals surface area contributed by atoms with Gasteiger partial charge in [-0.25, -0.2) is 0 Å². The number of amides is 1. The van der Waals surface area contributed by atoms with Gasteiger partial charge in [0.25, 0.3) is 5.91 Å². The molecule has 0 spiro atoms. The standard InChI is InChI=1S/C15H18N2O3/c1-3-17(9-11(2)8-16)15(18)14-10-19-12-6-4-5-7-13(12)20-14/h4-7,11,14H,3,9-10H2,1-2H3/t11-,14-/m0/s1. The second-order valence-corrected chi connectivity index (χ2v) is 4.77. The van der Waals surface area contributed by atoms with Crippen LogP contribution in [0.25, 0.3) is 0 Å². The number of rotatable bonds is 4. The fourth-order valence-corrected chi connectivity index (χ4v) is 2.09. The highest BCUT2D eigenvalue weighted by Crippen LogP contribution is 2.31. The lowest BCUT2D eigenvalue weighted by atomic mass is 10.1. The highest BCUT2D eigenvalue weighted by atomic mass is 16.6. The van der Waals surface area contributed by atoms with Crippen LogP contribution in [0.15, 0.2) is 24.3 Å². The van der Waals surface area contributed by atoms with Crippen molar-refractivity contribution in [3.05, 3.63) is 24.3 Å². The quantitative estimate of drug-likeness (QED) is 0.840. The van der Waals surface area contributed by atoms with Crippen LogP contribution >= 0.6 is 0 Å². The Bertz CT molecular complexity index is 524. The molecule has 1 heterocycles. The molecule has 2 atom stereocenters. The Morgan fingerprint density at radius 2 is 2.20 bits per heavy atom. The molecule has 1 aliphatic rings. The van der Waals surface area contributed by atoms with Crippen LogP contribution in [0.1, 0.15) is 13.8 Å². The highest BCUT2D eigenvalue weighted by molar-refractivity contribution is 5.82. The van der Waals surface area contributed by atoms with Crippen LogP contribution in [-0.2, 0) is 4.79 Å². The molecule has 1 aliphatic heterocycles. The molecule has 1 aromatic rings. The van der Waals surface area contributed by atoms with Gasteiger partial charge in [-0.1, -0.05) is 12.1 Å². The van der Waals surface area contributed by atoms with Crippen molar-refractivity contribution in [3.8, 4) is 17.6 Å². The number of hydrogen-bond acceptors (Lipinski definition) is 4. The summed E-state index contributed by atoms with van der Waals surface area (Å²) in [5.74, 6) is 0.909. The van der Waals surface area contributed by atoms with E-state index in [9.17, 15) is 4.79 Å². The first-order valence-electron chi connectivity index (χ1n) is 6.72. The van der Waals surface area contributed by atoms with Crippen molar-refractivity contribution in [1.29, 1.82) is 5.26 Å². The van der Waals surface area contributed by atoms with E-state index in [1.54, 1.807) is 17.9 Å². The third-order valence-corrected chi connectivity index (χ3v) is 3.19. The van der Waals surface area contributed by atoms with E-state index >= 15 is 0 Å². The van der Waals surface area contributed by atoms with E-state index in [1.807, 2.05) is 25.1 Å². The van der Waals surface area contributed by atoms with Gasteiger partial charge in [0, 0.05) is 13.1 Å². The van der Waals surface area contributed by atoms with Crippen LogP contribution < -0.4 is 9.47 Å². The molecule has 0 saturated heterocycles. The number of benzene rings is 1. The monoisotopic (exact) mass is 274 g/mol. The third-order valence-electron chi connectivity index (χ3n) is 3.19. The summed E-state index contributed by atoms with van der Waals surface area (Å²) in [5.41, 5.74) is 0. The van der Waals surface area contributed by atoms with Crippen molar-refractivity contribution in [3.63, 3.8) is 0 Å². The zero-order valence-electron chi connectivity index (χ0n) is 11.7. The maximum atomic E-state index is 12.4. The van der Waals surface area contributed by atoms with E-state index in [4.69, 9.17) is 14.7 Å². The lowest BCUT2D eigenvalue weighted by molar-refractivity contribution is -0.141. The molecule has 2 rings (SSSR count). The normalized spacial score (nSPS) is 17.9. The van der Waals surface area contributed by atoms with Gasteiger partial charge in [0.2, 0.25) is 6.10 Å². The van der Waals surface area contributed by atoms with E-state index in [-0.39, 0.29) is 18.4 Å². The summed E-state index contributed by atoms with van der Waals surface area (Å²) < 4.78 is 11.2. The highest BCUT2D eigenvalue weighted by Gasteiger charge is 2.30. The van der Waals surface area contributed by atoms with Gasteiger partial charge in [0.1, 0.15) is 6.61 Å². The van der Waals surface area contributed by atoms with Crippen molar-refractivity contribution in [2.75, 3.05) is 19.7 Å². The number of nitriles is 1. The molecule has 1 amide bonds. The molecule has 0 N–H and O–H groups in total. The van der Waals surface area contributed by atoms with Gasteiger partial charge in [0.15, 0.2) is 11.5 Å². The van der Waals surface area contributed by atoms with E-state index in [0.717, 1.165) is 0 Å². The van der Waals surface area contributed by atoms with Crippen molar-refractivity contribution in [2.45, 2.75) is 20.0 Å². The predicted molar refractivity (Wildman–Crippen MR) is 73.4 cm³/mol. The Morgan fingerprint density at radius 3 is 2.85 bits per heavy atom. The van der Waals surface area contributed by atoms with Crippen LogP contribution in [0, 0.1) is 17.2 Å².